The monoisotopic (exact) mass is 338 g/mol. The van der Waals surface area contributed by atoms with Crippen molar-refractivity contribution in [3.63, 3.8) is 0 Å². The van der Waals surface area contributed by atoms with Gasteiger partial charge in [-0.1, -0.05) is 36.4 Å². The van der Waals surface area contributed by atoms with E-state index in [4.69, 9.17) is 4.74 Å². The highest BCUT2D eigenvalue weighted by Crippen LogP contribution is 2.22. The highest BCUT2D eigenvalue weighted by Gasteiger charge is 2.18. The fraction of sp³-hybridized carbons (Fsp3) is 0.381. The van der Waals surface area contributed by atoms with Crippen LogP contribution >= 0.6 is 0 Å². The Balaban J connectivity index is 1.59. The third kappa shape index (κ3) is 4.40. The quantitative estimate of drug-likeness (QED) is 0.929. The molecule has 25 heavy (non-hydrogen) atoms. The van der Waals surface area contributed by atoms with Gasteiger partial charge in [0.15, 0.2) is 0 Å². The Labute approximate surface area is 149 Å². The third-order valence-corrected chi connectivity index (χ3v) is 4.81. The molecule has 0 saturated heterocycles. The van der Waals surface area contributed by atoms with E-state index >= 15 is 0 Å². The van der Waals surface area contributed by atoms with Crippen molar-refractivity contribution in [1.82, 2.24) is 10.2 Å². The summed E-state index contributed by atoms with van der Waals surface area (Å²) in [6, 6.07) is 14.4. The lowest BCUT2D eigenvalue weighted by Gasteiger charge is -2.21. The number of benzene rings is 2. The number of hydrogen-bond donors (Lipinski definition) is 1. The summed E-state index contributed by atoms with van der Waals surface area (Å²) in [5, 5.41) is 3.11. The SMILES string of the molecule is Cc1ccc(C(C)NC(=O)CN2CCOc3ccccc3C2)cc1C. The van der Waals surface area contributed by atoms with Crippen LogP contribution in [0.25, 0.3) is 0 Å². The maximum absolute atomic E-state index is 12.5. The number of nitrogens with zero attached hydrogens (tertiary/aromatic N) is 1. The van der Waals surface area contributed by atoms with E-state index < -0.39 is 0 Å². The van der Waals surface area contributed by atoms with Crippen molar-refractivity contribution in [2.75, 3.05) is 19.7 Å². The van der Waals surface area contributed by atoms with Gasteiger partial charge < -0.3 is 10.1 Å². The lowest BCUT2D eigenvalue weighted by Crippen LogP contribution is -2.38. The molecule has 132 valence electrons. The molecule has 0 spiro atoms. The summed E-state index contributed by atoms with van der Waals surface area (Å²) in [7, 11) is 0. The molecular formula is C21H26N2O2. The van der Waals surface area contributed by atoms with E-state index in [1.165, 1.54) is 11.1 Å². The van der Waals surface area contributed by atoms with Gasteiger partial charge in [0.05, 0.1) is 12.6 Å². The first-order valence-corrected chi connectivity index (χ1v) is 8.82. The zero-order valence-corrected chi connectivity index (χ0v) is 15.2. The lowest BCUT2D eigenvalue weighted by atomic mass is 10.0. The van der Waals surface area contributed by atoms with Crippen molar-refractivity contribution in [2.45, 2.75) is 33.4 Å². The first-order valence-electron chi connectivity index (χ1n) is 8.82. The number of carbonyl (C=O) groups is 1. The molecule has 1 aliphatic heterocycles. The molecule has 4 nitrogen and oxygen atoms in total. The second kappa shape index (κ2) is 7.70. The molecule has 0 aromatic heterocycles. The molecular weight excluding hydrogens is 312 g/mol. The largest absolute Gasteiger partial charge is 0.492 e. The van der Waals surface area contributed by atoms with Crippen LogP contribution in [0.3, 0.4) is 0 Å². The normalized spacial score (nSPS) is 15.6. The van der Waals surface area contributed by atoms with Gasteiger partial charge in [0.1, 0.15) is 12.4 Å². The van der Waals surface area contributed by atoms with E-state index in [0.29, 0.717) is 13.2 Å². The third-order valence-electron chi connectivity index (χ3n) is 4.81. The predicted molar refractivity (Wildman–Crippen MR) is 99.7 cm³/mol. The van der Waals surface area contributed by atoms with E-state index in [2.05, 4.69) is 48.3 Å². The standard InChI is InChI=1S/C21H26N2O2/c1-15-8-9-18(12-16(15)2)17(3)22-21(24)14-23-10-11-25-20-7-5-4-6-19(20)13-23/h4-9,12,17H,10-11,13-14H2,1-3H3,(H,22,24). The summed E-state index contributed by atoms with van der Waals surface area (Å²) in [5.74, 6) is 0.971. The fourth-order valence-corrected chi connectivity index (χ4v) is 3.12. The molecule has 0 fully saturated rings. The zero-order chi connectivity index (χ0) is 17.8. The minimum absolute atomic E-state index is 0.00214. The topological polar surface area (TPSA) is 41.6 Å². The van der Waals surface area contributed by atoms with Crippen molar-refractivity contribution in [1.29, 1.82) is 0 Å². The Bertz CT molecular complexity index is 757. The van der Waals surface area contributed by atoms with Gasteiger partial charge >= 0.3 is 0 Å². The van der Waals surface area contributed by atoms with Gasteiger partial charge in [0.2, 0.25) is 5.91 Å². The number of para-hydroxylation sites is 1. The van der Waals surface area contributed by atoms with Crippen molar-refractivity contribution >= 4 is 5.91 Å². The van der Waals surface area contributed by atoms with Crippen molar-refractivity contribution in [3.05, 3.63) is 64.7 Å². The molecule has 1 unspecified atom stereocenters. The predicted octanol–water partition coefficient (Wildman–Crippen LogP) is 3.38. The molecule has 0 radical (unpaired) electrons. The fourth-order valence-electron chi connectivity index (χ4n) is 3.12. The van der Waals surface area contributed by atoms with Crippen LogP contribution in [0.2, 0.25) is 0 Å². The molecule has 0 saturated carbocycles. The molecule has 1 N–H and O–H groups in total. The van der Waals surface area contributed by atoms with Gasteiger partial charge in [-0.25, -0.2) is 0 Å². The molecule has 0 aliphatic carbocycles. The van der Waals surface area contributed by atoms with Crippen LogP contribution in [0.4, 0.5) is 0 Å². The molecule has 1 aliphatic rings. The van der Waals surface area contributed by atoms with Crippen LogP contribution in [0.1, 0.15) is 35.2 Å². The lowest BCUT2D eigenvalue weighted by molar-refractivity contribution is -0.123. The summed E-state index contributed by atoms with van der Waals surface area (Å²) in [6.45, 7) is 8.71. The van der Waals surface area contributed by atoms with Crippen LogP contribution in [-0.2, 0) is 11.3 Å². The number of fused-ring (bicyclic) bond motifs is 1. The number of rotatable bonds is 4. The van der Waals surface area contributed by atoms with Gasteiger partial charge in [-0.05, 0) is 43.5 Å². The van der Waals surface area contributed by atoms with Gasteiger partial charge in [-0.2, -0.15) is 0 Å². The van der Waals surface area contributed by atoms with Gasteiger partial charge in [-0.3, -0.25) is 9.69 Å². The maximum Gasteiger partial charge on any atom is 0.234 e. The highest BCUT2D eigenvalue weighted by molar-refractivity contribution is 5.78. The summed E-state index contributed by atoms with van der Waals surface area (Å²) in [6.07, 6.45) is 0. The molecule has 0 bridgehead atoms. The van der Waals surface area contributed by atoms with Crippen LogP contribution in [0.15, 0.2) is 42.5 Å². The summed E-state index contributed by atoms with van der Waals surface area (Å²) in [5.41, 5.74) is 4.79. The molecule has 2 aromatic rings. The Kier molecular flexibility index (Phi) is 5.39. The maximum atomic E-state index is 12.5. The summed E-state index contributed by atoms with van der Waals surface area (Å²) >= 11 is 0. The first kappa shape index (κ1) is 17.5. The van der Waals surface area contributed by atoms with E-state index in [-0.39, 0.29) is 11.9 Å². The Hall–Kier alpha value is -2.33. The second-order valence-electron chi connectivity index (χ2n) is 6.80. The molecule has 1 atom stereocenters. The van der Waals surface area contributed by atoms with Gasteiger partial charge in [0, 0.05) is 18.7 Å². The van der Waals surface area contributed by atoms with Gasteiger partial charge in [-0.15, -0.1) is 0 Å². The second-order valence-corrected chi connectivity index (χ2v) is 6.80. The first-order chi connectivity index (χ1) is 12.0. The Morgan fingerprint density at radius 3 is 2.80 bits per heavy atom. The number of hydrogen-bond acceptors (Lipinski definition) is 3. The Morgan fingerprint density at radius 1 is 1.20 bits per heavy atom. The molecule has 4 heteroatoms. The number of aryl methyl sites for hydroxylation is 2. The molecule has 1 heterocycles. The zero-order valence-electron chi connectivity index (χ0n) is 15.2. The van der Waals surface area contributed by atoms with E-state index in [0.717, 1.165) is 30.0 Å². The molecule has 2 aromatic carbocycles. The van der Waals surface area contributed by atoms with E-state index in [1.807, 2.05) is 25.1 Å². The number of nitrogens with one attached hydrogen (secondary N) is 1. The van der Waals surface area contributed by atoms with E-state index in [9.17, 15) is 4.79 Å². The molecule has 1 amide bonds. The number of carbonyl (C=O) groups excluding carboxylic acids is 1. The number of amides is 1. The van der Waals surface area contributed by atoms with Crippen molar-refractivity contribution < 1.29 is 9.53 Å². The van der Waals surface area contributed by atoms with Crippen LogP contribution in [0, 0.1) is 13.8 Å². The Morgan fingerprint density at radius 2 is 2.00 bits per heavy atom. The van der Waals surface area contributed by atoms with E-state index in [1.54, 1.807) is 0 Å². The number of ether oxygens (including phenoxy) is 1. The minimum Gasteiger partial charge on any atom is -0.492 e. The minimum atomic E-state index is 0.00214. The highest BCUT2D eigenvalue weighted by atomic mass is 16.5. The summed E-state index contributed by atoms with van der Waals surface area (Å²) in [4.78, 5) is 14.6. The average molecular weight is 338 g/mol. The van der Waals surface area contributed by atoms with Crippen LogP contribution < -0.4 is 10.1 Å². The average Bonchev–Trinajstić information content (AvgIpc) is 2.78. The van der Waals surface area contributed by atoms with Crippen molar-refractivity contribution in [3.8, 4) is 5.75 Å². The molecule has 3 rings (SSSR count). The smallest absolute Gasteiger partial charge is 0.234 e. The van der Waals surface area contributed by atoms with Crippen molar-refractivity contribution in [2.24, 2.45) is 0 Å². The van der Waals surface area contributed by atoms with Gasteiger partial charge in [0.25, 0.3) is 0 Å². The van der Waals surface area contributed by atoms with Crippen LogP contribution in [0.5, 0.6) is 5.75 Å². The summed E-state index contributed by atoms with van der Waals surface area (Å²) < 4.78 is 5.76. The van der Waals surface area contributed by atoms with Crippen LogP contribution in [-0.4, -0.2) is 30.5 Å².